The molecule has 0 fully saturated rings. The van der Waals surface area contributed by atoms with E-state index in [1.165, 1.54) is 0 Å². The Morgan fingerprint density at radius 2 is 1.67 bits per heavy atom. The van der Waals surface area contributed by atoms with Gasteiger partial charge in [0.05, 0.1) is 32.9 Å². The number of hydrogen-bond acceptors (Lipinski definition) is 3. The lowest BCUT2D eigenvalue weighted by molar-refractivity contribution is -0.890. The molecule has 6 heteroatoms. The van der Waals surface area contributed by atoms with Crippen LogP contribution in [0.25, 0.3) is 0 Å². The molecule has 0 saturated heterocycles. The van der Waals surface area contributed by atoms with Gasteiger partial charge in [-0.15, -0.1) is 0 Å². The lowest BCUT2D eigenvalue weighted by Gasteiger charge is -2.29. The van der Waals surface area contributed by atoms with Gasteiger partial charge in [0.1, 0.15) is 0 Å². The third-order valence-electron chi connectivity index (χ3n) is 2.34. The van der Waals surface area contributed by atoms with Crippen LogP contribution >= 0.6 is 12.6 Å². The molecule has 0 aliphatic carbocycles. The maximum atomic E-state index is 10.5. The topological polar surface area (TPSA) is 54.4 Å². The van der Waals surface area contributed by atoms with E-state index >= 15 is 0 Å². The molecule has 0 aromatic carbocycles. The minimum Gasteiger partial charge on any atom is -0.328 e. The Balaban J connectivity index is 3.66. The van der Waals surface area contributed by atoms with Crippen LogP contribution in [0.1, 0.15) is 19.3 Å². The Bertz CT molecular complexity index is 263. The molecule has 0 bridgehead atoms. The van der Waals surface area contributed by atoms with E-state index < -0.39 is 10.1 Å². The number of quaternary nitrogens is 1. The van der Waals surface area contributed by atoms with Gasteiger partial charge in [0, 0.05) is 6.42 Å². The van der Waals surface area contributed by atoms with E-state index in [9.17, 15) is 8.42 Å². The Hall–Kier alpha value is 0.220. The van der Waals surface area contributed by atoms with E-state index in [4.69, 9.17) is 4.55 Å². The highest BCUT2D eigenvalue weighted by molar-refractivity contribution is 7.85. The van der Waals surface area contributed by atoms with Crippen molar-refractivity contribution in [1.29, 1.82) is 0 Å². The van der Waals surface area contributed by atoms with Gasteiger partial charge < -0.3 is 4.48 Å². The van der Waals surface area contributed by atoms with Crippen LogP contribution in [0.15, 0.2) is 0 Å². The molecule has 1 N–H and O–H groups in total. The first-order valence-corrected chi connectivity index (χ1v) is 7.39. The van der Waals surface area contributed by atoms with Gasteiger partial charge in [0.25, 0.3) is 10.1 Å². The summed E-state index contributed by atoms with van der Waals surface area (Å²) in [5, 5.41) is 0. The lowest BCUT2D eigenvalue weighted by Crippen LogP contribution is -2.41. The summed E-state index contributed by atoms with van der Waals surface area (Å²) in [5.74, 6) is 0.756. The molecule has 0 amide bonds. The molecule has 0 heterocycles. The van der Waals surface area contributed by atoms with Crippen molar-refractivity contribution in [1.82, 2.24) is 0 Å². The van der Waals surface area contributed by atoms with Gasteiger partial charge in [-0.05, 0) is 18.6 Å². The van der Waals surface area contributed by atoms with Crippen LogP contribution in [-0.2, 0) is 10.1 Å². The average Bonchev–Trinajstić information content (AvgIpc) is 2.08. The van der Waals surface area contributed by atoms with Gasteiger partial charge in [0.15, 0.2) is 0 Å². The summed E-state index contributed by atoms with van der Waals surface area (Å²) in [7, 11) is 0.466. The highest BCUT2D eigenvalue weighted by atomic mass is 32.2. The van der Waals surface area contributed by atoms with Crippen LogP contribution in [0.4, 0.5) is 0 Å². The molecule has 0 radical (unpaired) electrons. The normalized spacial score (nSPS) is 13.1. The third-order valence-corrected chi connectivity index (χ3v) is 3.46. The molecular formula is C9H22NO3S2+. The van der Waals surface area contributed by atoms with E-state index in [0.29, 0.717) is 6.42 Å². The van der Waals surface area contributed by atoms with Crippen molar-refractivity contribution in [3.63, 3.8) is 0 Å². The van der Waals surface area contributed by atoms with Crippen molar-refractivity contribution in [2.45, 2.75) is 19.3 Å². The Kier molecular flexibility index (Phi) is 6.83. The van der Waals surface area contributed by atoms with Gasteiger partial charge in [-0.3, -0.25) is 4.55 Å². The fraction of sp³-hybridized carbons (Fsp3) is 1.00. The summed E-state index contributed by atoms with van der Waals surface area (Å²) >= 11 is 4.16. The molecule has 0 unspecified atom stereocenters. The highest BCUT2D eigenvalue weighted by Crippen LogP contribution is 2.04. The lowest BCUT2D eigenvalue weighted by atomic mass is 10.3. The minimum atomic E-state index is -3.78. The van der Waals surface area contributed by atoms with Crippen molar-refractivity contribution < 1.29 is 17.5 Å². The first kappa shape index (κ1) is 15.2. The van der Waals surface area contributed by atoms with Gasteiger partial charge in [-0.2, -0.15) is 21.0 Å². The second-order valence-corrected chi connectivity index (χ2v) is 6.47. The van der Waals surface area contributed by atoms with E-state index in [2.05, 4.69) is 26.7 Å². The summed E-state index contributed by atoms with van der Waals surface area (Å²) in [6.07, 6.45) is 2.41. The van der Waals surface area contributed by atoms with Crippen molar-refractivity contribution >= 4 is 22.7 Å². The fourth-order valence-corrected chi connectivity index (χ4v) is 2.15. The zero-order chi connectivity index (χ0) is 11.9. The van der Waals surface area contributed by atoms with E-state index in [0.717, 1.165) is 36.2 Å². The van der Waals surface area contributed by atoms with Crippen molar-refractivity contribution in [3.8, 4) is 0 Å². The summed E-state index contributed by atoms with van der Waals surface area (Å²) < 4.78 is 30.4. The van der Waals surface area contributed by atoms with Gasteiger partial charge in [-0.25, -0.2) is 0 Å². The van der Waals surface area contributed by atoms with E-state index in [1.54, 1.807) is 0 Å². The number of hydrogen-bond donors (Lipinski definition) is 2. The molecule has 0 rings (SSSR count). The van der Waals surface area contributed by atoms with Gasteiger partial charge >= 0.3 is 0 Å². The van der Waals surface area contributed by atoms with Crippen LogP contribution in [-0.4, -0.2) is 56.1 Å². The number of thiol groups is 1. The second kappa shape index (κ2) is 6.73. The maximum Gasteiger partial charge on any atom is 0.264 e. The van der Waals surface area contributed by atoms with Gasteiger partial charge in [-0.1, -0.05) is 0 Å². The second-order valence-electron chi connectivity index (χ2n) is 4.45. The molecule has 0 aliphatic heterocycles. The fourth-order valence-electron chi connectivity index (χ4n) is 1.43. The van der Waals surface area contributed by atoms with Crippen molar-refractivity contribution in [3.05, 3.63) is 0 Å². The minimum absolute atomic E-state index is 0.125. The van der Waals surface area contributed by atoms with Crippen molar-refractivity contribution in [2.75, 3.05) is 38.7 Å². The highest BCUT2D eigenvalue weighted by Gasteiger charge is 2.14. The zero-order valence-corrected chi connectivity index (χ0v) is 11.2. The molecule has 0 saturated carbocycles. The Labute approximate surface area is 98.4 Å². The van der Waals surface area contributed by atoms with Crippen LogP contribution in [0.2, 0.25) is 0 Å². The average molecular weight is 256 g/mol. The van der Waals surface area contributed by atoms with Crippen LogP contribution in [0.3, 0.4) is 0 Å². The third kappa shape index (κ3) is 10.5. The summed E-state index contributed by atoms with van der Waals surface area (Å²) in [5.41, 5.74) is 0. The molecule has 0 aliphatic rings. The van der Waals surface area contributed by atoms with Crippen LogP contribution in [0.5, 0.6) is 0 Å². The predicted octanol–water partition coefficient (Wildman–Crippen LogP) is 1.05. The molecular weight excluding hydrogens is 234 g/mol. The monoisotopic (exact) mass is 256 g/mol. The maximum absolute atomic E-state index is 10.5. The molecule has 15 heavy (non-hydrogen) atoms. The van der Waals surface area contributed by atoms with Crippen LogP contribution < -0.4 is 0 Å². The summed E-state index contributed by atoms with van der Waals surface area (Å²) in [4.78, 5) is 0. The number of unbranched alkanes of at least 4 members (excludes halogenated alkanes) is 1. The molecule has 0 aromatic heterocycles. The SMILES string of the molecule is C[N+](C)(CCCS)CCCCS(=O)(=O)O. The summed E-state index contributed by atoms with van der Waals surface area (Å²) in [6, 6.07) is 0. The van der Waals surface area contributed by atoms with Crippen molar-refractivity contribution in [2.24, 2.45) is 0 Å². The van der Waals surface area contributed by atoms with E-state index in [1.807, 2.05) is 0 Å². The van der Waals surface area contributed by atoms with E-state index in [-0.39, 0.29) is 5.75 Å². The quantitative estimate of drug-likeness (QED) is 0.295. The predicted molar refractivity (Wildman–Crippen MR) is 66.0 cm³/mol. The van der Waals surface area contributed by atoms with Gasteiger partial charge in [0.2, 0.25) is 0 Å². The largest absolute Gasteiger partial charge is 0.328 e. The molecule has 0 atom stereocenters. The Morgan fingerprint density at radius 1 is 1.13 bits per heavy atom. The number of rotatable bonds is 8. The molecule has 92 valence electrons. The standard InChI is InChI=1S/C9H21NO3S2/c1-10(2,7-5-8-14)6-3-4-9-15(11,12)13/h3-9H2,1-2H3,(H-,11,12,13,14)/p+1. The summed E-state index contributed by atoms with van der Waals surface area (Å²) in [6.45, 7) is 1.98. The first-order chi connectivity index (χ1) is 6.77. The molecule has 4 nitrogen and oxygen atoms in total. The Morgan fingerprint density at radius 3 is 2.13 bits per heavy atom. The number of nitrogens with zero attached hydrogens (tertiary/aromatic N) is 1. The first-order valence-electron chi connectivity index (χ1n) is 5.15. The van der Waals surface area contributed by atoms with Crippen LogP contribution in [0, 0.1) is 0 Å². The molecule has 0 aromatic rings. The molecule has 0 spiro atoms. The zero-order valence-electron chi connectivity index (χ0n) is 9.52. The smallest absolute Gasteiger partial charge is 0.264 e.